The van der Waals surface area contributed by atoms with Crippen LogP contribution >= 0.6 is 15.9 Å². The van der Waals surface area contributed by atoms with Crippen LogP contribution in [0.15, 0.2) is 40.9 Å². The van der Waals surface area contributed by atoms with Gasteiger partial charge in [-0.1, -0.05) is 0 Å². The number of carbonyl (C=O) groups is 1. The molecule has 0 radical (unpaired) electrons. The Morgan fingerprint density at radius 2 is 2.05 bits per heavy atom. The fourth-order valence-corrected chi connectivity index (χ4v) is 1.98. The molecule has 2 aromatic carbocycles. The molecule has 0 unspecified atom stereocenters. The maximum absolute atomic E-state index is 12.1. The number of nitrogen functional groups attached to an aromatic ring is 1. The first-order valence-electron chi connectivity index (χ1n) is 5.74. The average molecular weight is 337 g/mol. The first-order chi connectivity index (χ1) is 9.51. The number of aromatic hydroxyl groups is 1. The molecule has 0 aliphatic carbocycles. The maximum atomic E-state index is 12.1. The molecule has 104 valence electrons. The van der Waals surface area contributed by atoms with Crippen molar-refractivity contribution in [1.29, 1.82) is 0 Å². The van der Waals surface area contributed by atoms with E-state index in [0.717, 1.165) is 0 Å². The molecular formula is C14H13BrN2O3. The lowest BCUT2D eigenvalue weighted by atomic mass is 10.2. The second-order valence-corrected chi connectivity index (χ2v) is 4.93. The van der Waals surface area contributed by atoms with Gasteiger partial charge in [0.25, 0.3) is 5.91 Å². The van der Waals surface area contributed by atoms with Crippen LogP contribution in [-0.4, -0.2) is 18.1 Å². The van der Waals surface area contributed by atoms with Gasteiger partial charge in [-0.05, 0) is 46.3 Å². The number of anilines is 2. The number of halogens is 1. The summed E-state index contributed by atoms with van der Waals surface area (Å²) in [4.78, 5) is 12.1. The maximum Gasteiger partial charge on any atom is 0.255 e. The van der Waals surface area contributed by atoms with Crippen molar-refractivity contribution in [3.8, 4) is 11.5 Å². The number of rotatable bonds is 3. The minimum atomic E-state index is -0.353. The molecule has 5 nitrogen and oxygen atoms in total. The molecule has 0 spiro atoms. The Balaban J connectivity index is 2.25. The van der Waals surface area contributed by atoms with Gasteiger partial charge in [0, 0.05) is 21.8 Å². The first-order valence-corrected chi connectivity index (χ1v) is 6.54. The number of benzene rings is 2. The predicted octanol–water partition coefficient (Wildman–Crippen LogP) is 3.00. The van der Waals surface area contributed by atoms with Gasteiger partial charge in [0.2, 0.25) is 0 Å². The van der Waals surface area contributed by atoms with E-state index in [1.165, 1.54) is 13.2 Å². The fourth-order valence-electron chi connectivity index (χ4n) is 1.61. The Morgan fingerprint density at radius 1 is 1.30 bits per heavy atom. The number of hydrogen-bond donors (Lipinski definition) is 3. The highest BCUT2D eigenvalue weighted by molar-refractivity contribution is 9.10. The monoisotopic (exact) mass is 336 g/mol. The summed E-state index contributed by atoms with van der Waals surface area (Å²) < 4.78 is 5.68. The Labute approximate surface area is 124 Å². The van der Waals surface area contributed by atoms with Crippen molar-refractivity contribution in [3.63, 3.8) is 0 Å². The van der Waals surface area contributed by atoms with Crippen LogP contribution in [0.2, 0.25) is 0 Å². The van der Waals surface area contributed by atoms with Crippen LogP contribution in [0.1, 0.15) is 10.4 Å². The number of nitrogens with two attached hydrogens (primary N) is 1. The van der Waals surface area contributed by atoms with E-state index in [-0.39, 0.29) is 17.3 Å². The fraction of sp³-hybridized carbons (Fsp3) is 0.0714. The third kappa shape index (κ3) is 3.03. The Bertz CT molecular complexity index is 659. The molecule has 2 aromatic rings. The largest absolute Gasteiger partial charge is 0.506 e. The van der Waals surface area contributed by atoms with Crippen molar-refractivity contribution >= 4 is 33.2 Å². The van der Waals surface area contributed by atoms with E-state index in [2.05, 4.69) is 21.2 Å². The van der Waals surface area contributed by atoms with Crippen molar-refractivity contribution in [1.82, 2.24) is 0 Å². The zero-order valence-corrected chi connectivity index (χ0v) is 12.3. The SMILES string of the molecule is COc1ccc(O)c(NC(=O)c2ccc(N)c(Br)c2)c1. The third-order valence-electron chi connectivity index (χ3n) is 2.71. The molecule has 6 heteroatoms. The topological polar surface area (TPSA) is 84.6 Å². The zero-order valence-electron chi connectivity index (χ0n) is 10.7. The number of amides is 1. The van der Waals surface area contributed by atoms with E-state index in [9.17, 15) is 9.90 Å². The van der Waals surface area contributed by atoms with Crippen LogP contribution in [0.3, 0.4) is 0 Å². The number of methoxy groups -OCH3 is 1. The van der Waals surface area contributed by atoms with Crippen LogP contribution in [0.25, 0.3) is 0 Å². The Hall–Kier alpha value is -2.21. The van der Waals surface area contributed by atoms with Crippen molar-refractivity contribution < 1.29 is 14.6 Å². The van der Waals surface area contributed by atoms with E-state index in [4.69, 9.17) is 10.5 Å². The first kappa shape index (κ1) is 14.2. The number of nitrogens with one attached hydrogen (secondary N) is 1. The number of carbonyl (C=O) groups excluding carboxylic acids is 1. The molecular weight excluding hydrogens is 324 g/mol. The molecule has 0 aliphatic heterocycles. The van der Waals surface area contributed by atoms with Gasteiger partial charge < -0.3 is 20.9 Å². The van der Waals surface area contributed by atoms with E-state index in [0.29, 0.717) is 21.5 Å². The van der Waals surface area contributed by atoms with Crippen LogP contribution in [0.5, 0.6) is 11.5 Å². The van der Waals surface area contributed by atoms with Gasteiger partial charge >= 0.3 is 0 Å². The van der Waals surface area contributed by atoms with Crippen LogP contribution in [-0.2, 0) is 0 Å². The lowest BCUT2D eigenvalue weighted by Gasteiger charge is -2.09. The van der Waals surface area contributed by atoms with Gasteiger partial charge in [-0.15, -0.1) is 0 Å². The minimum absolute atomic E-state index is 0.0336. The van der Waals surface area contributed by atoms with E-state index in [1.54, 1.807) is 30.3 Å². The molecule has 0 fully saturated rings. The van der Waals surface area contributed by atoms with Crippen molar-refractivity contribution in [2.45, 2.75) is 0 Å². The summed E-state index contributed by atoms with van der Waals surface area (Å²) in [6, 6.07) is 9.44. The highest BCUT2D eigenvalue weighted by atomic mass is 79.9. The van der Waals surface area contributed by atoms with E-state index in [1.807, 2.05) is 0 Å². The molecule has 20 heavy (non-hydrogen) atoms. The van der Waals surface area contributed by atoms with Gasteiger partial charge in [-0.25, -0.2) is 0 Å². The summed E-state index contributed by atoms with van der Waals surface area (Å²) in [6.07, 6.45) is 0. The highest BCUT2D eigenvalue weighted by Gasteiger charge is 2.11. The summed E-state index contributed by atoms with van der Waals surface area (Å²) in [6.45, 7) is 0. The smallest absolute Gasteiger partial charge is 0.255 e. The zero-order chi connectivity index (χ0) is 14.7. The molecule has 0 aromatic heterocycles. The molecule has 0 aliphatic rings. The lowest BCUT2D eigenvalue weighted by molar-refractivity contribution is 0.102. The average Bonchev–Trinajstić information content (AvgIpc) is 2.44. The number of hydrogen-bond acceptors (Lipinski definition) is 4. The molecule has 0 heterocycles. The third-order valence-corrected chi connectivity index (χ3v) is 3.40. The predicted molar refractivity (Wildman–Crippen MR) is 81.2 cm³/mol. The second kappa shape index (κ2) is 5.83. The number of phenolic OH excluding ortho intramolecular Hbond substituents is 1. The summed E-state index contributed by atoms with van der Waals surface area (Å²) in [5.41, 5.74) is 6.92. The number of ether oxygens (including phenoxy) is 1. The highest BCUT2D eigenvalue weighted by Crippen LogP contribution is 2.28. The van der Waals surface area contributed by atoms with Crippen molar-refractivity contribution in [2.75, 3.05) is 18.2 Å². The van der Waals surface area contributed by atoms with Crippen molar-refractivity contribution in [3.05, 3.63) is 46.4 Å². The van der Waals surface area contributed by atoms with Crippen LogP contribution in [0, 0.1) is 0 Å². The molecule has 2 rings (SSSR count). The molecule has 0 bridgehead atoms. The van der Waals surface area contributed by atoms with Gasteiger partial charge in [-0.3, -0.25) is 4.79 Å². The second-order valence-electron chi connectivity index (χ2n) is 4.07. The summed E-state index contributed by atoms with van der Waals surface area (Å²) in [5, 5.41) is 12.3. The molecule has 0 atom stereocenters. The summed E-state index contributed by atoms with van der Waals surface area (Å²) >= 11 is 3.26. The van der Waals surface area contributed by atoms with Gasteiger partial charge in [0.15, 0.2) is 0 Å². The Morgan fingerprint density at radius 3 is 2.70 bits per heavy atom. The molecule has 4 N–H and O–H groups in total. The van der Waals surface area contributed by atoms with E-state index >= 15 is 0 Å². The van der Waals surface area contributed by atoms with E-state index < -0.39 is 0 Å². The standard InChI is InChI=1S/C14H13BrN2O3/c1-20-9-3-5-13(18)12(7-9)17-14(19)8-2-4-11(16)10(15)6-8/h2-7,18H,16H2,1H3,(H,17,19). The molecule has 0 saturated carbocycles. The lowest BCUT2D eigenvalue weighted by Crippen LogP contribution is -2.12. The van der Waals surface area contributed by atoms with Crippen LogP contribution < -0.4 is 15.8 Å². The quantitative estimate of drug-likeness (QED) is 0.594. The van der Waals surface area contributed by atoms with Crippen LogP contribution in [0.4, 0.5) is 11.4 Å². The summed E-state index contributed by atoms with van der Waals surface area (Å²) in [5.74, 6) is 0.152. The molecule has 1 amide bonds. The van der Waals surface area contributed by atoms with Gasteiger partial charge in [0.05, 0.1) is 12.8 Å². The van der Waals surface area contributed by atoms with Gasteiger partial charge in [-0.2, -0.15) is 0 Å². The van der Waals surface area contributed by atoms with Gasteiger partial charge in [0.1, 0.15) is 11.5 Å². The summed E-state index contributed by atoms with van der Waals surface area (Å²) in [7, 11) is 1.51. The number of phenols is 1. The molecule has 0 saturated heterocycles. The Kier molecular flexibility index (Phi) is 4.14. The normalized spacial score (nSPS) is 10.1. The van der Waals surface area contributed by atoms with Crippen molar-refractivity contribution in [2.24, 2.45) is 0 Å². The minimum Gasteiger partial charge on any atom is -0.506 e.